The van der Waals surface area contributed by atoms with E-state index in [1.165, 1.54) is 14.2 Å². The first-order chi connectivity index (χ1) is 10.2. The summed E-state index contributed by atoms with van der Waals surface area (Å²) in [6.07, 6.45) is 0. The number of urea groups is 1. The Labute approximate surface area is 124 Å². The lowest BCUT2D eigenvalue weighted by atomic mass is 10.1. The van der Waals surface area contributed by atoms with Crippen LogP contribution >= 0.6 is 0 Å². The van der Waals surface area contributed by atoms with Gasteiger partial charge in [-0.2, -0.15) is 0 Å². The molecular formula is C17H16N2O2. The van der Waals surface area contributed by atoms with Crippen LogP contribution in [-0.2, 0) is 4.84 Å². The standard InChI is InChI=1S/C17H16N2O2/c1-19(21-2)17(20)18-16-10-6-9-15(13-16)12-11-14-7-4-3-5-8-14/h3-10,13H,1-2H3,(H,18,20). The molecule has 0 saturated heterocycles. The van der Waals surface area contributed by atoms with E-state index >= 15 is 0 Å². The highest BCUT2D eigenvalue weighted by Gasteiger charge is 2.07. The summed E-state index contributed by atoms with van der Waals surface area (Å²) in [6, 6.07) is 16.8. The number of benzene rings is 2. The van der Waals surface area contributed by atoms with Crippen LogP contribution in [0.15, 0.2) is 54.6 Å². The maximum atomic E-state index is 11.7. The Morgan fingerprint density at radius 1 is 1.05 bits per heavy atom. The van der Waals surface area contributed by atoms with E-state index in [0.29, 0.717) is 5.69 Å². The molecule has 0 bridgehead atoms. The predicted octanol–water partition coefficient (Wildman–Crippen LogP) is 3.11. The number of hydrogen-bond acceptors (Lipinski definition) is 2. The summed E-state index contributed by atoms with van der Waals surface area (Å²) in [7, 11) is 2.97. The van der Waals surface area contributed by atoms with E-state index in [2.05, 4.69) is 17.2 Å². The number of carbonyl (C=O) groups excluding carboxylic acids is 1. The first-order valence-corrected chi connectivity index (χ1v) is 6.45. The van der Waals surface area contributed by atoms with Gasteiger partial charge in [-0.25, -0.2) is 9.86 Å². The number of nitrogens with one attached hydrogen (secondary N) is 1. The molecule has 4 heteroatoms. The first-order valence-electron chi connectivity index (χ1n) is 6.45. The lowest BCUT2D eigenvalue weighted by Crippen LogP contribution is -2.30. The van der Waals surface area contributed by atoms with E-state index in [9.17, 15) is 4.79 Å². The largest absolute Gasteiger partial charge is 0.345 e. The van der Waals surface area contributed by atoms with Crippen LogP contribution in [0, 0.1) is 11.8 Å². The third kappa shape index (κ3) is 4.37. The molecule has 4 nitrogen and oxygen atoms in total. The van der Waals surface area contributed by atoms with E-state index in [4.69, 9.17) is 4.84 Å². The summed E-state index contributed by atoms with van der Waals surface area (Å²) in [6.45, 7) is 0. The summed E-state index contributed by atoms with van der Waals surface area (Å²) in [5.74, 6) is 6.15. The van der Waals surface area contributed by atoms with Crippen molar-refractivity contribution in [3.05, 3.63) is 65.7 Å². The third-order valence-corrected chi connectivity index (χ3v) is 2.80. The van der Waals surface area contributed by atoms with Gasteiger partial charge in [0.05, 0.1) is 7.11 Å². The van der Waals surface area contributed by atoms with E-state index in [0.717, 1.165) is 16.2 Å². The predicted molar refractivity (Wildman–Crippen MR) is 82.7 cm³/mol. The van der Waals surface area contributed by atoms with Gasteiger partial charge in [0, 0.05) is 23.9 Å². The number of anilines is 1. The zero-order valence-electron chi connectivity index (χ0n) is 12.0. The summed E-state index contributed by atoms with van der Waals surface area (Å²) < 4.78 is 0. The molecule has 21 heavy (non-hydrogen) atoms. The Morgan fingerprint density at radius 2 is 1.71 bits per heavy atom. The molecule has 0 unspecified atom stereocenters. The van der Waals surface area contributed by atoms with Crippen molar-refractivity contribution in [3.8, 4) is 11.8 Å². The fraction of sp³-hybridized carbons (Fsp3) is 0.118. The second-order valence-corrected chi connectivity index (χ2v) is 4.31. The molecule has 2 aromatic rings. The van der Waals surface area contributed by atoms with Crippen molar-refractivity contribution >= 4 is 11.7 Å². The maximum absolute atomic E-state index is 11.7. The molecule has 0 aliphatic heterocycles. The van der Waals surface area contributed by atoms with Gasteiger partial charge in [0.25, 0.3) is 0 Å². The molecular weight excluding hydrogens is 264 g/mol. The average Bonchev–Trinajstić information content (AvgIpc) is 2.53. The molecule has 0 saturated carbocycles. The van der Waals surface area contributed by atoms with Crippen LogP contribution in [0.2, 0.25) is 0 Å². The van der Waals surface area contributed by atoms with Gasteiger partial charge in [0.1, 0.15) is 0 Å². The van der Waals surface area contributed by atoms with Crippen molar-refractivity contribution in [1.82, 2.24) is 5.06 Å². The normalized spacial score (nSPS) is 9.43. The maximum Gasteiger partial charge on any atom is 0.345 e. The van der Waals surface area contributed by atoms with E-state index in [-0.39, 0.29) is 6.03 Å². The molecule has 0 heterocycles. The Morgan fingerprint density at radius 3 is 2.43 bits per heavy atom. The lowest BCUT2D eigenvalue weighted by Gasteiger charge is -2.14. The van der Waals surface area contributed by atoms with E-state index < -0.39 is 0 Å². The summed E-state index contributed by atoms with van der Waals surface area (Å²) >= 11 is 0. The van der Waals surface area contributed by atoms with Gasteiger partial charge in [-0.15, -0.1) is 0 Å². The van der Waals surface area contributed by atoms with Gasteiger partial charge in [0.15, 0.2) is 0 Å². The molecule has 0 aromatic heterocycles. The Bertz CT molecular complexity index is 672. The van der Waals surface area contributed by atoms with Crippen molar-refractivity contribution in [1.29, 1.82) is 0 Å². The molecule has 0 radical (unpaired) electrons. The van der Waals surface area contributed by atoms with Gasteiger partial charge >= 0.3 is 6.03 Å². The molecule has 0 fully saturated rings. The average molecular weight is 280 g/mol. The van der Waals surface area contributed by atoms with E-state index in [1.54, 1.807) is 6.07 Å². The molecule has 0 aliphatic carbocycles. The molecule has 2 rings (SSSR count). The lowest BCUT2D eigenvalue weighted by molar-refractivity contribution is -0.0598. The zero-order chi connectivity index (χ0) is 15.1. The van der Waals surface area contributed by atoms with Gasteiger partial charge in [-0.1, -0.05) is 36.1 Å². The highest BCUT2D eigenvalue weighted by atomic mass is 16.7. The number of nitrogens with zero attached hydrogens (tertiary/aromatic N) is 1. The van der Waals surface area contributed by atoms with Crippen LogP contribution in [0.4, 0.5) is 10.5 Å². The monoisotopic (exact) mass is 280 g/mol. The number of hydroxylamine groups is 2. The fourth-order valence-electron chi connectivity index (χ4n) is 1.63. The minimum atomic E-state index is -0.342. The highest BCUT2D eigenvalue weighted by molar-refractivity contribution is 5.88. The Kier molecular flexibility index (Phi) is 4.97. The Balaban J connectivity index is 2.12. The minimum Gasteiger partial charge on any atom is -0.306 e. The van der Waals surface area contributed by atoms with Gasteiger partial charge in [-0.05, 0) is 30.3 Å². The van der Waals surface area contributed by atoms with Crippen molar-refractivity contribution in [2.45, 2.75) is 0 Å². The van der Waals surface area contributed by atoms with Crippen LogP contribution in [0.5, 0.6) is 0 Å². The smallest absolute Gasteiger partial charge is 0.306 e. The SMILES string of the molecule is CON(C)C(=O)Nc1cccc(C#Cc2ccccc2)c1. The van der Waals surface area contributed by atoms with Crippen molar-refractivity contribution < 1.29 is 9.63 Å². The van der Waals surface area contributed by atoms with Crippen LogP contribution in [0.25, 0.3) is 0 Å². The highest BCUT2D eigenvalue weighted by Crippen LogP contribution is 2.10. The zero-order valence-corrected chi connectivity index (χ0v) is 12.0. The van der Waals surface area contributed by atoms with Crippen molar-refractivity contribution in [2.24, 2.45) is 0 Å². The second-order valence-electron chi connectivity index (χ2n) is 4.31. The van der Waals surface area contributed by atoms with Crippen LogP contribution in [0.1, 0.15) is 11.1 Å². The van der Waals surface area contributed by atoms with Crippen LogP contribution in [0.3, 0.4) is 0 Å². The van der Waals surface area contributed by atoms with Gasteiger partial charge < -0.3 is 5.32 Å². The number of hydrogen-bond donors (Lipinski definition) is 1. The molecule has 106 valence electrons. The van der Waals surface area contributed by atoms with Crippen molar-refractivity contribution in [2.75, 3.05) is 19.5 Å². The number of carbonyl (C=O) groups is 1. The van der Waals surface area contributed by atoms with Crippen molar-refractivity contribution in [3.63, 3.8) is 0 Å². The topological polar surface area (TPSA) is 41.6 Å². The Hall–Kier alpha value is -2.77. The summed E-state index contributed by atoms with van der Waals surface area (Å²) in [5.41, 5.74) is 2.45. The molecule has 1 N–H and O–H groups in total. The van der Waals surface area contributed by atoms with Crippen LogP contribution < -0.4 is 5.32 Å². The second kappa shape index (κ2) is 7.13. The third-order valence-electron chi connectivity index (χ3n) is 2.80. The quantitative estimate of drug-likeness (QED) is 0.678. The number of amides is 2. The molecule has 2 amide bonds. The molecule has 0 spiro atoms. The molecule has 0 aliphatic rings. The minimum absolute atomic E-state index is 0.342. The van der Waals surface area contributed by atoms with Gasteiger partial charge in [-0.3, -0.25) is 4.84 Å². The van der Waals surface area contributed by atoms with Crippen LogP contribution in [-0.4, -0.2) is 25.3 Å². The summed E-state index contributed by atoms with van der Waals surface area (Å²) in [5, 5.41) is 3.84. The van der Waals surface area contributed by atoms with E-state index in [1.807, 2.05) is 48.5 Å². The summed E-state index contributed by atoms with van der Waals surface area (Å²) in [4.78, 5) is 16.5. The first kappa shape index (κ1) is 14.6. The van der Waals surface area contributed by atoms with Gasteiger partial charge in [0.2, 0.25) is 0 Å². The molecule has 2 aromatic carbocycles. The fourth-order valence-corrected chi connectivity index (χ4v) is 1.63. The molecule has 0 atom stereocenters. The number of rotatable bonds is 2.